The molecule has 136 valence electrons. The minimum absolute atomic E-state index is 0.0897. The summed E-state index contributed by atoms with van der Waals surface area (Å²) in [7, 11) is 0. The molecule has 2 heterocycles. The van der Waals surface area contributed by atoms with Crippen LogP contribution >= 0.6 is 0 Å². The van der Waals surface area contributed by atoms with Crippen molar-refractivity contribution in [2.24, 2.45) is 0 Å². The van der Waals surface area contributed by atoms with E-state index >= 15 is 0 Å². The minimum atomic E-state index is -0.776. The molecular formula is C20H22N2O4. The number of rotatable bonds is 0. The van der Waals surface area contributed by atoms with Crippen molar-refractivity contribution >= 4 is 23.2 Å². The van der Waals surface area contributed by atoms with Gasteiger partial charge in [0.2, 0.25) is 0 Å². The molecule has 2 aromatic rings. The number of benzene rings is 2. The Morgan fingerprint density at radius 3 is 2.12 bits per heavy atom. The van der Waals surface area contributed by atoms with Crippen LogP contribution in [0.2, 0.25) is 0 Å². The highest BCUT2D eigenvalue weighted by molar-refractivity contribution is 6.00. The van der Waals surface area contributed by atoms with Gasteiger partial charge in [0.05, 0.1) is 11.4 Å². The van der Waals surface area contributed by atoms with Crippen LogP contribution in [-0.2, 0) is 9.59 Å². The summed E-state index contributed by atoms with van der Waals surface area (Å²) in [6, 6.07) is 11.5. The van der Waals surface area contributed by atoms with E-state index < -0.39 is 5.60 Å². The highest BCUT2D eigenvalue weighted by Gasteiger charge is 2.35. The largest absolute Gasteiger partial charge is 0.482 e. The minimum Gasteiger partial charge on any atom is -0.482 e. The summed E-state index contributed by atoms with van der Waals surface area (Å²) < 4.78 is 10.8. The fourth-order valence-electron chi connectivity index (χ4n) is 2.62. The highest BCUT2D eigenvalue weighted by atomic mass is 16.5. The molecule has 2 N–H and O–H groups in total. The van der Waals surface area contributed by atoms with Crippen LogP contribution in [0, 0.1) is 13.8 Å². The molecule has 0 bridgehead atoms. The first-order chi connectivity index (χ1) is 12.2. The van der Waals surface area contributed by atoms with Gasteiger partial charge in [0.15, 0.2) is 12.2 Å². The van der Waals surface area contributed by atoms with E-state index in [0.29, 0.717) is 0 Å². The first kappa shape index (κ1) is 17.8. The summed E-state index contributed by atoms with van der Waals surface area (Å²) in [5.74, 6) is 1.30. The van der Waals surface area contributed by atoms with Crippen molar-refractivity contribution < 1.29 is 19.1 Å². The summed E-state index contributed by atoms with van der Waals surface area (Å²) in [6.07, 6.45) is 0. The van der Waals surface area contributed by atoms with E-state index in [-0.39, 0.29) is 18.4 Å². The lowest BCUT2D eigenvalue weighted by Gasteiger charge is -2.31. The Labute approximate surface area is 152 Å². The van der Waals surface area contributed by atoms with E-state index in [9.17, 15) is 9.59 Å². The Balaban J connectivity index is 0.000000152. The Hall–Kier alpha value is -3.02. The van der Waals surface area contributed by atoms with Crippen molar-refractivity contribution in [2.75, 3.05) is 17.2 Å². The van der Waals surface area contributed by atoms with Crippen LogP contribution in [-0.4, -0.2) is 24.0 Å². The molecule has 0 radical (unpaired) electrons. The van der Waals surface area contributed by atoms with Crippen LogP contribution in [0.3, 0.4) is 0 Å². The molecule has 0 saturated carbocycles. The van der Waals surface area contributed by atoms with Crippen molar-refractivity contribution in [3.63, 3.8) is 0 Å². The topological polar surface area (TPSA) is 76.7 Å². The third-order valence-corrected chi connectivity index (χ3v) is 4.06. The quantitative estimate of drug-likeness (QED) is 0.760. The summed E-state index contributed by atoms with van der Waals surface area (Å²) >= 11 is 0. The fourth-order valence-corrected chi connectivity index (χ4v) is 2.62. The highest BCUT2D eigenvalue weighted by Crippen LogP contribution is 2.33. The molecule has 0 unspecified atom stereocenters. The van der Waals surface area contributed by atoms with E-state index in [4.69, 9.17) is 9.47 Å². The zero-order chi connectivity index (χ0) is 18.9. The Bertz CT molecular complexity index is 874. The predicted octanol–water partition coefficient (Wildman–Crippen LogP) is 3.43. The van der Waals surface area contributed by atoms with E-state index in [0.717, 1.165) is 34.0 Å². The number of anilines is 2. The van der Waals surface area contributed by atoms with E-state index in [1.165, 1.54) is 0 Å². The maximum Gasteiger partial charge on any atom is 0.268 e. The second-order valence-corrected chi connectivity index (χ2v) is 6.90. The molecule has 0 spiro atoms. The lowest BCUT2D eigenvalue weighted by atomic mass is 10.1. The number of fused-ring (bicyclic) bond motifs is 2. The average Bonchev–Trinajstić information content (AvgIpc) is 2.56. The number of amides is 2. The number of hydrogen-bond acceptors (Lipinski definition) is 4. The van der Waals surface area contributed by atoms with Gasteiger partial charge in [-0.25, -0.2) is 0 Å². The SMILES string of the molecule is Cc1ccc2c(c1)NC(=O)C(C)(C)O2.Cc1ccc2c(c1)NC(=O)CO2. The van der Waals surface area contributed by atoms with Crippen LogP contribution in [0.5, 0.6) is 11.5 Å². The van der Waals surface area contributed by atoms with Crippen LogP contribution in [0.4, 0.5) is 11.4 Å². The van der Waals surface area contributed by atoms with Gasteiger partial charge in [0.1, 0.15) is 11.5 Å². The molecule has 26 heavy (non-hydrogen) atoms. The number of carbonyl (C=O) groups excluding carboxylic acids is 2. The molecule has 2 aliphatic heterocycles. The van der Waals surface area contributed by atoms with Crippen LogP contribution < -0.4 is 20.1 Å². The summed E-state index contributed by atoms with van der Waals surface area (Å²) in [5, 5.41) is 5.56. The van der Waals surface area contributed by atoms with Gasteiger partial charge in [0.25, 0.3) is 11.8 Å². The maximum atomic E-state index is 11.6. The van der Waals surface area contributed by atoms with Gasteiger partial charge in [-0.2, -0.15) is 0 Å². The summed E-state index contributed by atoms with van der Waals surface area (Å²) in [5.41, 5.74) is 2.97. The van der Waals surface area contributed by atoms with Crippen molar-refractivity contribution in [3.8, 4) is 11.5 Å². The molecule has 0 aromatic heterocycles. The molecule has 0 aliphatic carbocycles. The van der Waals surface area contributed by atoms with E-state index in [2.05, 4.69) is 10.6 Å². The van der Waals surface area contributed by atoms with Gasteiger partial charge in [0, 0.05) is 0 Å². The molecule has 2 aromatic carbocycles. The predicted molar refractivity (Wildman–Crippen MR) is 99.8 cm³/mol. The van der Waals surface area contributed by atoms with Gasteiger partial charge < -0.3 is 20.1 Å². The van der Waals surface area contributed by atoms with Gasteiger partial charge >= 0.3 is 0 Å². The number of hydrogen-bond donors (Lipinski definition) is 2. The second-order valence-electron chi connectivity index (χ2n) is 6.90. The van der Waals surface area contributed by atoms with Crippen LogP contribution in [0.1, 0.15) is 25.0 Å². The smallest absolute Gasteiger partial charge is 0.268 e. The molecule has 2 amide bonds. The zero-order valence-electron chi connectivity index (χ0n) is 15.3. The fraction of sp³-hybridized carbons (Fsp3) is 0.300. The molecule has 6 nitrogen and oxygen atoms in total. The first-order valence-electron chi connectivity index (χ1n) is 8.39. The molecule has 4 rings (SSSR count). The maximum absolute atomic E-state index is 11.6. The standard InChI is InChI=1S/C11H13NO2.C9H9NO2/c1-7-4-5-9-8(6-7)12-10(13)11(2,3)14-9;1-6-2-3-8-7(4-6)10-9(11)5-12-8/h4-6H,1-3H3,(H,12,13);2-4H,5H2,1H3,(H,10,11). The number of ether oxygens (including phenoxy) is 2. The van der Waals surface area contributed by atoms with Crippen molar-refractivity contribution in [1.82, 2.24) is 0 Å². The zero-order valence-corrected chi connectivity index (χ0v) is 15.3. The summed E-state index contributed by atoms with van der Waals surface area (Å²) in [4.78, 5) is 22.5. The number of carbonyl (C=O) groups is 2. The first-order valence-corrected chi connectivity index (χ1v) is 8.39. The Kier molecular flexibility index (Phi) is 4.59. The third kappa shape index (κ3) is 3.79. The Morgan fingerprint density at radius 2 is 1.46 bits per heavy atom. The van der Waals surface area contributed by atoms with Crippen LogP contribution in [0.15, 0.2) is 36.4 Å². The van der Waals surface area contributed by atoms with Gasteiger partial charge in [-0.05, 0) is 63.1 Å². The van der Waals surface area contributed by atoms with Gasteiger partial charge in [-0.1, -0.05) is 12.1 Å². The van der Waals surface area contributed by atoms with Gasteiger partial charge in [-0.3, -0.25) is 9.59 Å². The molecule has 2 aliphatic rings. The summed E-state index contributed by atoms with van der Waals surface area (Å²) in [6.45, 7) is 7.58. The van der Waals surface area contributed by atoms with Crippen molar-refractivity contribution in [2.45, 2.75) is 33.3 Å². The monoisotopic (exact) mass is 354 g/mol. The lowest BCUT2D eigenvalue weighted by molar-refractivity contribution is -0.129. The molecular weight excluding hydrogens is 332 g/mol. The van der Waals surface area contributed by atoms with Gasteiger partial charge in [-0.15, -0.1) is 0 Å². The molecule has 0 atom stereocenters. The number of aryl methyl sites for hydroxylation is 2. The third-order valence-electron chi connectivity index (χ3n) is 4.06. The average molecular weight is 354 g/mol. The molecule has 0 saturated heterocycles. The van der Waals surface area contributed by atoms with E-state index in [1.54, 1.807) is 13.8 Å². The molecule has 6 heteroatoms. The van der Waals surface area contributed by atoms with Crippen LogP contribution in [0.25, 0.3) is 0 Å². The lowest BCUT2D eigenvalue weighted by Crippen LogP contribution is -2.45. The van der Waals surface area contributed by atoms with E-state index in [1.807, 2.05) is 50.2 Å². The van der Waals surface area contributed by atoms with Crippen molar-refractivity contribution in [1.29, 1.82) is 0 Å². The Morgan fingerprint density at radius 1 is 0.885 bits per heavy atom. The number of nitrogens with one attached hydrogen (secondary N) is 2. The van der Waals surface area contributed by atoms with Crippen molar-refractivity contribution in [3.05, 3.63) is 47.5 Å². The second kappa shape index (κ2) is 6.71. The molecule has 0 fully saturated rings. The normalized spacial score (nSPS) is 16.5.